The van der Waals surface area contributed by atoms with Crippen LogP contribution in [-0.4, -0.2) is 78.9 Å². The van der Waals surface area contributed by atoms with Crippen molar-refractivity contribution in [2.75, 3.05) is 53.0 Å². The molecule has 1 amide bonds. The maximum absolute atomic E-state index is 11.9. The van der Waals surface area contributed by atoms with E-state index in [0.29, 0.717) is 37.4 Å². The van der Waals surface area contributed by atoms with E-state index in [-0.39, 0.29) is 11.9 Å². The lowest BCUT2D eigenvalue weighted by molar-refractivity contribution is -0.122. The van der Waals surface area contributed by atoms with Crippen LogP contribution in [0.5, 0.6) is 0 Å². The highest BCUT2D eigenvalue weighted by molar-refractivity contribution is 5.77. The molecule has 1 aromatic rings. The molecule has 0 aliphatic carbocycles. The number of amides is 1. The van der Waals surface area contributed by atoms with Crippen LogP contribution in [0.15, 0.2) is 4.42 Å². The van der Waals surface area contributed by atoms with E-state index in [2.05, 4.69) is 46.1 Å². The minimum Gasteiger partial charge on any atom is -0.424 e. The summed E-state index contributed by atoms with van der Waals surface area (Å²) in [6.07, 6.45) is 0.811. The lowest BCUT2D eigenvalue weighted by Crippen LogP contribution is -2.50. The van der Waals surface area contributed by atoms with Gasteiger partial charge in [0, 0.05) is 46.3 Å². The molecule has 1 aromatic heterocycles. The Labute approximate surface area is 149 Å². The summed E-state index contributed by atoms with van der Waals surface area (Å²) < 4.78 is 10.7. The number of piperazine rings is 1. The first-order valence-electron chi connectivity index (χ1n) is 9.04. The third-order valence-electron chi connectivity index (χ3n) is 4.37. The maximum atomic E-state index is 11.9. The minimum atomic E-state index is 0.0498. The quantitative estimate of drug-likeness (QED) is 0.655. The van der Waals surface area contributed by atoms with Crippen LogP contribution in [0.25, 0.3) is 0 Å². The molecule has 2 heterocycles. The van der Waals surface area contributed by atoms with Crippen molar-refractivity contribution in [2.24, 2.45) is 5.92 Å². The van der Waals surface area contributed by atoms with Gasteiger partial charge < -0.3 is 14.5 Å². The Kier molecular flexibility index (Phi) is 7.80. The molecule has 0 bridgehead atoms. The third kappa shape index (κ3) is 6.37. The average molecular weight is 353 g/mol. The van der Waals surface area contributed by atoms with Crippen molar-refractivity contribution < 1.29 is 13.9 Å². The molecule has 0 saturated carbocycles. The van der Waals surface area contributed by atoms with Gasteiger partial charge in [0.1, 0.15) is 0 Å². The van der Waals surface area contributed by atoms with Gasteiger partial charge in [-0.3, -0.25) is 14.6 Å². The summed E-state index contributed by atoms with van der Waals surface area (Å²) in [5.74, 6) is 1.94. The van der Waals surface area contributed by atoms with Gasteiger partial charge in [0.25, 0.3) is 0 Å². The second kappa shape index (κ2) is 9.84. The summed E-state index contributed by atoms with van der Waals surface area (Å²) in [6.45, 7) is 11.4. The molecule has 1 fully saturated rings. The Bertz CT molecular complexity index is 526. The minimum absolute atomic E-state index is 0.0498. The first-order chi connectivity index (χ1) is 12.0. The summed E-state index contributed by atoms with van der Waals surface area (Å²) in [4.78, 5) is 16.4. The van der Waals surface area contributed by atoms with Gasteiger partial charge >= 0.3 is 0 Å². The molecule has 1 aliphatic heterocycles. The standard InChI is InChI=1S/C17H31N5O3/c1-13(2)11-16-19-20-17(25-16)14(3)22-8-6-21(7-9-22)12-15(23)18-5-10-24-4/h13-14H,5-12H2,1-4H3,(H,18,23)/t14-/m1/s1. The Hall–Kier alpha value is -1.51. The van der Waals surface area contributed by atoms with Gasteiger partial charge in [0.15, 0.2) is 0 Å². The summed E-state index contributed by atoms with van der Waals surface area (Å²) >= 11 is 0. The highest BCUT2D eigenvalue weighted by Crippen LogP contribution is 2.21. The van der Waals surface area contributed by atoms with Gasteiger partial charge in [-0.2, -0.15) is 0 Å². The lowest BCUT2D eigenvalue weighted by Gasteiger charge is -2.36. The number of nitrogens with zero attached hydrogens (tertiary/aromatic N) is 4. The molecule has 1 saturated heterocycles. The Balaban J connectivity index is 1.75. The first kappa shape index (κ1) is 19.8. The van der Waals surface area contributed by atoms with Gasteiger partial charge in [-0.05, 0) is 12.8 Å². The molecular formula is C17H31N5O3. The number of aromatic nitrogens is 2. The van der Waals surface area contributed by atoms with Crippen molar-refractivity contribution in [1.29, 1.82) is 0 Å². The molecule has 8 heteroatoms. The lowest BCUT2D eigenvalue weighted by atomic mass is 10.1. The van der Waals surface area contributed by atoms with E-state index in [1.54, 1.807) is 7.11 Å². The van der Waals surface area contributed by atoms with Crippen LogP contribution in [0.1, 0.15) is 38.6 Å². The van der Waals surface area contributed by atoms with E-state index in [1.165, 1.54) is 0 Å². The normalized spacial score (nSPS) is 17.8. The SMILES string of the molecule is COCCNC(=O)CN1CCN([C@H](C)c2nnc(CC(C)C)o2)CC1. The Morgan fingerprint density at radius 2 is 1.96 bits per heavy atom. The van der Waals surface area contributed by atoms with E-state index in [9.17, 15) is 4.79 Å². The summed E-state index contributed by atoms with van der Waals surface area (Å²) in [5, 5.41) is 11.2. The Morgan fingerprint density at radius 3 is 2.60 bits per heavy atom. The van der Waals surface area contributed by atoms with Crippen LogP contribution < -0.4 is 5.32 Å². The number of hydrogen-bond acceptors (Lipinski definition) is 7. The van der Waals surface area contributed by atoms with Crippen LogP contribution in [0.3, 0.4) is 0 Å². The van der Waals surface area contributed by atoms with Gasteiger partial charge in [-0.1, -0.05) is 13.8 Å². The third-order valence-corrected chi connectivity index (χ3v) is 4.37. The van der Waals surface area contributed by atoms with E-state index in [0.717, 1.165) is 32.6 Å². The molecule has 1 aliphatic rings. The largest absolute Gasteiger partial charge is 0.424 e. The number of carbonyl (C=O) groups is 1. The zero-order chi connectivity index (χ0) is 18.2. The van der Waals surface area contributed by atoms with Crippen molar-refractivity contribution in [1.82, 2.24) is 25.3 Å². The van der Waals surface area contributed by atoms with Crippen LogP contribution in [-0.2, 0) is 16.0 Å². The molecular weight excluding hydrogens is 322 g/mol. The maximum Gasteiger partial charge on any atom is 0.234 e. The monoisotopic (exact) mass is 353 g/mol. The molecule has 0 spiro atoms. The average Bonchev–Trinajstić information content (AvgIpc) is 3.03. The highest BCUT2D eigenvalue weighted by atomic mass is 16.5. The molecule has 2 rings (SSSR count). The van der Waals surface area contributed by atoms with Gasteiger partial charge in [0.2, 0.25) is 17.7 Å². The van der Waals surface area contributed by atoms with Crippen LogP contribution >= 0.6 is 0 Å². The van der Waals surface area contributed by atoms with Crippen LogP contribution in [0, 0.1) is 5.92 Å². The van der Waals surface area contributed by atoms with E-state index >= 15 is 0 Å². The topological polar surface area (TPSA) is 83.7 Å². The highest BCUT2D eigenvalue weighted by Gasteiger charge is 2.26. The van der Waals surface area contributed by atoms with Gasteiger partial charge in [-0.15, -0.1) is 10.2 Å². The van der Waals surface area contributed by atoms with Crippen molar-refractivity contribution >= 4 is 5.91 Å². The number of hydrogen-bond donors (Lipinski definition) is 1. The van der Waals surface area contributed by atoms with Crippen LogP contribution in [0.4, 0.5) is 0 Å². The molecule has 8 nitrogen and oxygen atoms in total. The van der Waals surface area contributed by atoms with Crippen LogP contribution in [0.2, 0.25) is 0 Å². The van der Waals surface area contributed by atoms with Gasteiger partial charge in [-0.25, -0.2) is 0 Å². The fourth-order valence-electron chi connectivity index (χ4n) is 2.88. The Morgan fingerprint density at radius 1 is 1.24 bits per heavy atom. The van der Waals surface area contributed by atoms with E-state index in [4.69, 9.17) is 9.15 Å². The van der Waals surface area contributed by atoms with Crippen molar-refractivity contribution in [3.8, 4) is 0 Å². The van der Waals surface area contributed by atoms with Crippen molar-refractivity contribution in [3.05, 3.63) is 11.8 Å². The molecule has 1 N–H and O–H groups in total. The predicted molar refractivity (Wildman–Crippen MR) is 94.2 cm³/mol. The molecule has 0 aromatic carbocycles. The number of rotatable bonds is 9. The summed E-state index contributed by atoms with van der Waals surface area (Å²) in [7, 11) is 1.63. The number of carbonyl (C=O) groups excluding carboxylic acids is 1. The zero-order valence-corrected chi connectivity index (χ0v) is 15.8. The second-order valence-electron chi connectivity index (χ2n) is 6.96. The van der Waals surface area contributed by atoms with E-state index < -0.39 is 0 Å². The number of ether oxygens (including phenoxy) is 1. The fourth-order valence-corrected chi connectivity index (χ4v) is 2.88. The first-order valence-corrected chi connectivity index (χ1v) is 9.04. The van der Waals surface area contributed by atoms with Gasteiger partial charge in [0.05, 0.1) is 19.2 Å². The summed E-state index contributed by atoms with van der Waals surface area (Å²) in [5.41, 5.74) is 0. The predicted octanol–water partition coefficient (Wildman–Crippen LogP) is 0.709. The second-order valence-corrected chi connectivity index (χ2v) is 6.96. The van der Waals surface area contributed by atoms with E-state index in [1.807, 2.05) is 0 Å². The molecule has 0 radical (unpaired) electrons. The smallest absolute Gasteiger partial charge is 0.234 e. The molecule has 25 heavy (non-hydrogen) atoms. The van der Waals surface area contributed by atoms with Crippen molar-refractivity contribution in [2.45, 2.75) is 33.2 Å². The zero-order valence-electron chi connectivity index (χ0n) is 15.8. The fraction of sp³-hybridized carbons (Fsp3) is 0.824. The number of nitrogens with one attached hydrogen (secondary N) is 1. The van der Waals surface area contributed by atoms with Crippen molar-refractivity contribution in [3.63, 3.8) is 0 Å². The summed E-state index contributed by atoms with van der Waals surface area (Å²) in [6, 6.07) is 0.103. The molecule has 0 unspecified atom stereocenters. The molecule has 1 atom stereocenters. The molecule has 142 valence electrons. The number of methoxy groups -OCH3 is 1.